The molecule has 1 aromatic heterocycles. The lowest BCUT2D eigenvalue weighted by atomic mass is 10.2. The summed E-state index contributed by atoms with van der Waals surface area (Å²) in [6.07, 6.45) is 3.33. The van der Waals surface area contributed by atoms with Gasteiger partial charge in [0.25, 0.3) is 0 Å². The van der Waals surface area contributed by atoms with Gasteiger partial charge in [-0.05, 0) is 24.2 Å². The summed E-state index contributed by atoms with van der Waals surface area (Å²) >= 11 is 0. The molecule has 0 N–H and O–H groups in total. The fraction of sp³-hybridized carbons (Fsp3) is 0.667. The molecule has 0 aliphatic carbocycles. The minimum absolute atomic E-state index is 0.232. The SMILES string of the molecule is CC(C)(C)[Si](C)(C)OCCOc1ncccn1. The van der Waals surface area contributed by atoms with Crippen LogP contribution in [0.5, 0.6) is 6.01 Å². The fourth-order valence-electron chi connectivity index (χ4n) is 1.01. The van der Waals surface area contributed by atoms with Crippen LogP contribution < -0.4 is 4.74 Å². The van der Waals surface area contributed by atoms with Gasteiger partial charge in [0.2, 0.25) is 0 Å². The smallest absolute Gasteiger partial charge is 0.316 e. The van der Waals surface area contributed by atoms with E-state index in [4.69, 9.17) is 9.16 Å². The van der Waals surface area contributed by atoms with E-state index in [1.54, 1.807) is 18.5 Å². The van der Waals surface area contributed by atoms with Crippen molar-refractivity contribution in [3.05, 3.63) is 18.5 Å². The third-order valence-corrected chi connectivity index (χ3v) is 7.66. The lowest BCUT2D eigenvalue weighted by Crippen LogP contribution is -2.41. The number of hydrogen-bond donors (Lipinski definition) is 0. The van der Waals surface area contributed by atoms with E-state index < -0.39 is 8.32 Å². The lowest BCUT2D eigenvalue weighted by molar-refractivity contribution is 0.194. The summed E-state index contributed by atoms with van der Waals surface area (Å²) in [6, 6.07) is 2.17. The molecule has 4 nitrogen and oxygen atoms in total. The molecule has 0 unspecified atom stereocenters. The van der Waals surface area contributed by atoms with Crippen LogP contribution in [0.2, 0.25) is 18.1 Å². The van der Waals surface area contributed by atoms with E-state index in [0.717, 1.165) is 0 Å². The Kier molecular flexibility index (Phi) is 4.65. The third-order valence-electron chi connectivity index (χ3n) is 3.13. The molecule has 0 aliphatic rings. The van der Waals surface area contributed by atoms with E-state index in [0.29, 0.717) is 19.2 Å². The Morgan fingerprint density at radius 2 is 1.71 bits per heavy atom. The second-order valence-electron chi connectivity index (χ2n) is 5.49. The van der Waals surface area contributed by atoms with Gasteiger partial charge in [-0.15, -0.1) is 0 Å². The molecule has 0 spiro atoms. The van der Waals surface area contributed by atoms with Gasteiger partial charge in [-0.2, -0.15) is 0 Å². The van der Waals surface area contributed by atoms with Crippen LogP contribution in [0, 0.1) is 0 Å². The average molecular weight is 254 g/mol. The lowest BCUT2D eigenvalue weighted by Gasteiger charge is -2.36. The maximum atomic E-state index is 5.97. The van der Waals surface area contributed by atoms with Crippen molar-refractivity contribution in [1.29, 1.82) is 0 Å². The molecular formula is C12H22N2O2Si. The Hall–Kier alpha value is -0.943. The van der Waals surface area contributed by atoms with E-state index >= 15 is 0 Å². The highest BCUT2D eigenvalue weighted by Crippen LogP contribution is 2.36. The Bertz CT molecular complexity index is 336. The highest BCUT2D eigenvalue weighted by molar-refractivity contribution is 6.74. The van der Waals surface area contributed by atoms with Crippen molar-refractivity contribution < 1.29 is 9.16 Å². The van der Waals surface area contributed by atoms with Crippen LogP contribution >= 0.6 is 0 Å². The Labute approximate surface area is 105 Å². The average Bonchev–Trinajstić information content (AvgIpc) is 2.24. The molecule has 0 aliphatic heterocycles. The highest BCUT2D eigenvalue weighted by Gasteiger charge is 2.36. The first-order valence-corrected chi connectivity index (χ1v) is 8.77. The van der Waals surface area contributed by atoms with Gasteiger partial charge in [0.1, 0.15) is 6.61 Å². The Morgan fingerprint density at radius 1 is 1.12 bits per heavy atom. The minimum Gasteiger partial charge on any atom is -0.461 e. The van der Waals surface area contributed by atoms with Crippen molar-refractivity contribution >= 4 is 8.32 Å². The fourth-order valence-corrected chi connectivity index (χ4v) is 2.03. The summed E-state index contributed by atoms with van der Waals surface area (Å²) < 4.78 is 11.4. The molecule has 0 amide bonds. The van der Waals surface area contributed by atoms with Gasteiger partial charge in [-0.25, -0.2) is 9.97 Å². The van der Waals surface area contributed by atoms with Gasteiger partial charge in [-0.1, -0.05) is 20.8 Å². The molecule has 0 saturated carbocycles. The molecule has 0 atom stereocenters. The first-order valence-electron chi connectivity index (χ1n) is 5.87. The topological polar surface area (TPSA) is 44.2 Å². The second-order valence-corrected chi connectivity index (χ2v) is 10.3. The van der Waals surface area contributed by atoms with Crippen LogP contribution in [0.4, 0.5) is 0 Å². The van der Waals surface area contributed by atoms with E-state index in [-0.39, 0.29) is 5.04 Å². The van der Waals surface area contributed by atoms with Crippen LogP contribution in [0.3, 0.4) is 0 Å². The van der Waals surface area contributed by atoms with Gasteiger partial charge in [0, 0.05) is 12.4 Å². The molecule has 0 bridgehead atoms. The normalized spacial score (nSPS) is 12.5. The quantitative estimate of drug-likeness (QED) is 0.598. The van der Waals surface area contributed by atoms with Crippen LogP contribution in [0.1, 0.15) is 20.8 Å². The van der Waals surface area contributed by atoms with Crippen molar-refractivity contribution in [3.8, 4) is 6.01 Å². The molecule has 0 radical (unpaired) electrons. The summed E-state index contributed by atoms with van der Waals surface area (Å²) in [6.45, 7) is 12.2. The van der Waals surface area contributed by atoms with E-state index in [2.05, 4.69) is 43.8 Å². The van der Waals surface area contributed by atoms with E-state index in [9.17, 15) is 0 Å². The maximum absolute atomic E-state index is 5.97. The van der Waals surface area contributed by atoms with E-state index in [1.807, 2.05) is 0 Å². The Balaban J connectivity index is 2.30. The summed E-state index contributed by atoms with van der Waals surface area (Å²) in [7, 11) is -1.66. The molecule has 1 heterocycles. The van der Waals surface area contributed by atoms with Crippen LogP contribution in [-0.4, -0.2) is 31.5 Å². The Morgan fingerprint density at radius 3 is 2.24 bits per heavy atom. The molecule has 17 heavy (non-hydrogen) atoms. The zero-order valence-corrected chi connectivity index (χ0v) is 12.4. The largest absolute Gasteiger partial charge is 0.461 e. The predicted octanol–water partition coefficient (Wildman–Crippen LogP) is 2.88. The van der Waals surface area contributed by atoms with Gasteiger partial charge in [0.05, 0.1) is 6.61 Å². The summed E-state index contributed by atoms with van der Waals surface area (Å²) in [4.78, 5) is 7.97. The zero-order chi connectivity index (χ0) is 12.9. The van der Waals surface area contributed by atoms with Crippen molar-refractivity contribution in [3.63, 3.8) is 0 Å². The molecule has 0 saturated heterocycles. The first kappa shape index (κ1) is 14.1. The summed E-state index contributed by atoms with van der Waals surface area (Å²) in [5.41, 5.74) is 0. The van der Waals surface area contributed by atoms with Crippen molar-refractivity contribution in [2.45, 2.75) is 38.9 Å². The molecule has 0 aromatic carbocycles. The van der Waals surface area contributed by atoms with Crippen LogP contribution in [0.15, 0.2) is 18.5 Å². The van der Waals surface area contributed by atoms with Crippen LogP contribution in [-0.2, 0) is 4.43 Å². The molecule has 1 aromatic rings. The van der Waals surface area contributed by atoms with Crippen molar-refractivity contribution in [2.24, 2.45) is 0 Å². The summed E-state index contributed by atoms with van der Waals surface area (Å²) in [5, 5.41) is 0.232. The molecule has 1 rings (SSSR count). The van der Waals surface area contributed by atoms with E-state index in [1.165, 1.54) is 0 Å². The molecule has 5 heteroatoms. The molecular weight excluding hydrogens is 232 g/mol. The predicted molar refractivity (Wildman–Crippen MR) is 70.7 cm³/mol. The molecule has 0 fully saturated rings. The zero-order valence-electron chi connectivity index (χ0n) is 11.4. The third kappa shape index (κ3) is 4.44. The van der Waals surface area contributed by atoms with Crippen molar-refractivity contribution in [2.75, 3.05) is 13.2 Å². The van der Waals surface area contributed by atoms with Gasteiger partial charge in [0.15, 0.2) is 8.32 Å². The van der Waals surface area contributed by atoms with Crippen molar-refractivity contribution in [1.82, 2.24) is 9.97 Å². The number of nitrogens with zero attached hydrogens (tertiary/aromatic N) is 2. The van der Waals surface area contributed by atoms with Crippen LogP contribution in [0.25, 0.3) is 0 Å². The second kappa shape index (κ2) is 5.60. The maximum Gasteiger partial charge on any atom is 0.316 e. The molecule has 96 valence electrons. The van der Waals surface area contributed by atoms with Gasteiger partial charge >= 0.3 is 6.01 Å². The standard InChI is InChI=1S/C12H22N2O2Si/c1-12(2,3)17(4,5)16-10-9-15-11-13-7-6-8-14-11/h6-8H,9-10H2,1-5H3. The van der Waals surface area contributed by atoms with Gasteiger partial charge < -0.3 is 9.16 Å². The number of hydrogen-bond acceptors (Lipinski definition) is 4. The minimum atomic E-state index is -1.66. The first-order chi connectivity index (χ1) is 7.83. The number of rotatable bonds is 5. The van der Waals surface area contributed by atoms with Gasteiger partial charge in [-0.3, -0.25) is 0 Å². The monoisotopic (exact) mass is 254 g/mol. The number of ether oxygens (including phenoxy) is 1. The summed E-state index contributed by atoms with van der Waals surface area (Å²) in [5.74, 6) is 0. The number of aromatic nitrogens is 2. The highest BCUT2D eigenvalue weighted by atomic mass is 28.4.